The molecule has 0 bridgehead atoms. The number of nitrogens with two attached hydrogens (primary N) is 2. The van der Waals surface area contributed by atoms with Crippen molar-refractivity contribution in [3.05, 3.63) is 40.7 Å². The van der Waals surface area contributed by atoms with E-state index in [4.69, 9.17) is 37.9 Å². The van der Waals surface area contributed by atoms with Gasteiger partial charge < -0.3 is 15.4 Å². The van der Waals surface area contributed by atoms with E-state index in [9.17, 15) is 0 Å². The van der Waals surface area contributed by atoms with E-state index in [0.717, 1.165) is 37.7 Å². The largest absolute Gasteiger partial charge is 0.393 e. The van der Waals surface area contributed by atoms with Crippen LogP contribution in [0.3, 0.4) is 0 Å². The molecular formula is C20H27ClN6O. The normalized spacial score (nSPS) is 18.0. The Hall–Kier alpha value is -2.09. The number of nitrogen functional groups attached to an aromatic ring is 1. The van der Waals surface area contributed by atoms with Crippen molar-refractivity contribution in [1.29, 1.82) is 0 Å². The molecule has 0 saturated carbocycles. The molecule has 2 aromatic rings. The third kappa shape index (κ3) is 3.38. The Kier molecular flexibility index (Phi) is 4.64. The maximum Gasteiger partial charge on any atom is 0.172 e. The molecule has 8 heteroatoms. The molecule has 0 aliphatic carbocycles. The third-order valence-corrected chi connectivity index (χ3v) is 5.68. The van der Waals surface area contributed by atoms with Gasteiger partial charge in [-0.25, -0.2) is 15.8 Å². The first-order valence-corrected chi connectivity index (χ1v) is 9.83. The molecule has 0 amide bonds. The zero-order valence-electron chi connectivity index (χ0n) is 16.6. The number of hydrogen-bond acceptors (Lipinski definition) is 7. The van der Waals surface area contributed by atoms with Crippen LogP contribution in [0, 0.1) is 5.41 Å². The number of hydrazine groups is 1. The minimum absolute atomic E-state index is 0.232. The molecule has 0 radical (unpaired) electrons. The second-order valence-corrected chi connectivity index (χ2v) is 9.33. The van der Waals surface area contributed by atoms with Gasteiger partial charge in [0.05, 0.1) is 25.2 Å². The number of rotatable bonds is 4. The first kappa shape index (κ1) is 19.2. The second-order valence-electron chi connectivity index (χ2n) is 8.93. The minimum atomic E-state index is -0.232. The lowest BCUT2D eigenvalue weighted by atomic mass is 9.78. The number of hydrogen-bond donors (Lipinski definition) is 2. The van der Waals surface area contributed by atoms with Gasteiger partial charge in [0.1, 0.15) is 11.5 Å². The van der Waals surface area contributed by atoms with Crippen LogP contribution in [0.5, 0.6) is 0 Å². The fourth-order valence-corrected chi connectivity index (χ4v) is 3.81. The van der Waals surface area contributed by atoms with Crippen LogP contribution in [-0.4, -0.2) is 36.3 Å². The Labute approximate surface area is 170 Å². The van der Waals surface area contributed by atoms with E-state index in [0.29, 0.717) is 28.9 Å². The van der Waals surface area contributed by atoms with Gasteiger partial charge in [-0.3, -0.25) is 5.01 Å². The van der Waals surface area contributed by atoms with Crippen LogP contribution in [0.15, 0.2) is 24.3 Å². The topological polar surface area (TPSA) is 93.5 Å². The molecule has 1 aromatic carbocycles. The van der Waals surface area contributed by atoms with Crippen molar-refractivity contribution < 1.29 is 4.74 Å². The second kappa shape index (κ2) is 6.76. The zero-order chi connectivity index (χ0) is 20.1. The summed E-state index contributed by atoms with van der Waals surface area (Å²) in [5, 5.41) is 2.22. The number of nitrogens with zero attached hydrogens (tertiary/aromatic N) is 4. The van der Waals surface area contributed by atoms with Gasteiger partial charge in [-0.15, -0.1) is 0 Å². The molecule has 4 N–H and O–H groups in total. The summed E-state index contributed by atoms with van der Waals surface area (Å²) in [6, 6.07) is 7.62. The van der Waals surface area contributed by atoms with E-state index in [2.05, 4.69) is 25.7 Å². The van der Waals surface area contributed by atoms with Crippen molar-refractivity contribution in [3.63, 3.8) is 0 Å². The average Bonchev–Trinajstić information content (AvgIpc) is 2.54. The van der Waals surface area contributed by atoms with Crippen LogP contribution < -0.4 is 21.5 Å². The average molecular weight is 403 g/mol. The molecule has 28 heavy (non-hydrogen) atoms. The summed E-state index contributed by atoms with van der Waals surface area (Å²) >= 11 is 6.30. The number of aromatic nitrogens is 2. The van der Waals surface area contributed by atoms with E-state index in [1.807, 2.05) is 24.3 Å². The number of halogens is 1. The summed E-state index contributed by atoms with van der Waals surface area (Å²) in [5.41, 5.74) is 7.94. The summed E-state index contributed by atoms with van der Waals surface area (Å²) in [6.07, 6.45) is 0. The van der Waals surface area contributed by atoms with Crippen LogP contribution in [-0.2, 0) is 16.7 Å². The fourth-order valence-electron chi connectivity index (χ4n) is 3.61. The summed E-state index contributed by atoms with van der Waals surface area (Å²) in [6.45, 7) is 10.1. The van der Waals surface area contributed by atoms with Crippen molar-refractivity contribution in [1.82, 2.24) is 9.97 Å². The monoisotopic (exact) mass is 402 g/mol. The van der Waals surface area contributed by atoms with E-state index < -0.39 is 0 Å². The predicted molar refractivity (Wildman–Crippen MR) is 112 cm³/mol. The van der Waals surface area contributed by atoms with E-state index in [1.54, 1.807) is 5.01 Å². The van der Waals surface area contributed by atoms with E-state index in [1.165, 1.54) is 0 Å². The minimum Gasteiger partial charge on any atom is -0.393 e. The molecule has 3 heterocycles. The fraction of sp³-hybridized carbons (Fsp3) is 0.500. The maximum absolute atomic E-state index is 6.49. The Balaban J connectivity index is 1.67. The molecule has 150 valence electrons. The predicted octanol–water partition coefficient (Wildman–Crippen LogP) is 2.73. The van der Waals surface area contributed by atoms with Crippen molar-refractivity contribution >= 4 is 28.9 Å². The van der Waals surface area contributed by atoms with E-state index in [-0.39, 0.29) is 10.8 Å². The first-order chi connectivity index (χ1) is 13.2. The molecule has 7 nitrogen and oxygen atoms in total. The van der Waals surface area contributed by atoms with Crippen LogP contribution in [0.1, 0.15) is 32.2 Å². The molecule has 2 saturated heterocycles. The zero-order valence-corrected chi connectivity index (χ0v) is 17.3. The summed E-state index contributed by atoms with van der Waals surface area (Å²) in [4.78, 5) is 11.7. The highest BCUT2D eigenvalue weighted by atomic mass is 35.5. The Bertz CT molecular complexity index is 885. The number of ether oxygens (including phenoxy) is 1. The molecule has 1 aromatic heterocycles. The molecule has 2 fully saturated rings. The quantitative estimate of drug-likeness (QED) is 0.599. The molecule has 0 atom stereocenters. The molecule has 0 unspecified atom stereocenters. The van der Waals surface area contributed by atoms with Crippen LogP contribution >= 0.6 is 11.6 Å². The molecule has 2 aliphatic rings. The number of anilines is 3. The maximum atomic E-state index is 6.49. The van der Waals surface area contributed by atoms with Gasteiger partial charge in [0, 0.05) is 23.5 Å². The van der Waals surface area contributed by atoms with Gasteiger partial charge in [-0.1, -0.05) is 50.6 Å². The SMILES string of the molecule is CC(C)(C)c1nc(N(N)Cc2ccccc2Cl)c(N)c(N2CC3(COC3)C2)n1. The van der Waals surface area contributed by atoms with Gasteiger partial charge in [0.15, 0.2) is 11.6 Å². The van der Waals surface area contributed by atoms with Gasteiger partial charge in [-0.2, -0.15) is 0 Å². The molecule has 2 aliphatic heterocycles. The van der Waals surface area contributed by atoms with Gasteiger partial charge in [-0.05, 0) is 11.6 Å². The number of benzene rings is 1. The van der Waals surface area contributed by atoms with Crippen molar-refractivity contribution in [2.75, 3.05) is 41.9 Å². The highest BCUT2D eigenvalue weighted by Gasteiger charge is 2.50. The molecular weight excluding hydrogens is 376 g/mol. The Morgan fingerprint density at radius 3 is 2.46 bits per heavy atom. The highest BCUT2D eigenvalue weighted by molar-refractivity contribution is 6.31. The standard InChI is InChI=1S/C20H27ClN6O/c1-19(2,3)18-24-16(26-9-20(10-26)11-28-12-20)15(22)17(25-18)27(23)8-13-6-4-5-7-14(13)21/h4-7H,8-12,22-23H2,1-3H3. The summed E-state index contributed by atoms with van der Waals surface area (Å²) < 4.78 is 5.38. The summed E-state index contributed by atoms with van der Waals surface area (Å²) in [7, 11) is 0. The summed E-state index contributed by atoms with van der Waals surface area (Å²) in [5.74, 6) is 8.39. The van der Waals surface area contributed by atoms with E-state index >= 15 is 0 Å². The van der Waals surface area contributed by atoms with Crippen molar-refractivity contribution in [2.24, 2.45) is 11.3 Å². The smallest absolute Gasteiger partial charge is 0.172 e. The lowest BCUT2D eigenvalue weighted by molar-refractivity contribution is -0.127. The first-order valence-electron chi connectivity index (χ1n) is 9.45. The van der Waals surface area contributed by atoms with Crippen molar-refractivity contribution in [3.8, 4) is 0 Å². The van der Waals surface area contributed by atoms with Crippen molar-refractivity contribution in [2.45, 2.75) is 32.7 Å². The molecule has 1 spiro atoms. The highest BCUT2D eigenvalue weighted by Crippen LogP contribution is 2.43. The Morgan fingerprint density at radius 1 is 1.21 bits per heavy atom. The Morgan fingerprint density at radius 2 is 1.89 bits per heavy atom. The molecule has 4 rings (SSSR count). The van der Waals surface area contributed by atoms with Gasteiger partial charge in [0.25, 0.3) is 0 Å². The van der Waals surface area contributed by atoms with Crippen LogP contribution in [0.25, 0.3) is 0 Å². The van der Waals surface area contributed by atoms with Gasteiger partial charge in [0.2, 0.25) is 0 Å². The lowest BCUT2D eigenvalue weighted by Gasteiger charge is -2.55. The third-order valence-electron chi connectivity index (χ3n) is 5.32. The van der Waals surface area contributed by atoms with Crippen LogP contribution in [0.4, 0.5) is 17.3 Å². The van der Waals surface area contributed by atoms with Gasteiger partial charge >= 0.3 is 0 Å². The lowest BCUT2D eigenvalue weighted by Crippen LogP contribution is -2.66. The van der Waals surface area contributed by atoms with Crippen LogP contribution in [0.2, 0.25) is 5.02 Å².